The Bertz CT molecular complexity index is 711. The van der Waals surface area contributed by atoms with Gasteiger partial charge in [0.05, 0.1) is 0 Å². The molecule has 6 heteroatoms. The number of carbonyl (C=O) groups is 1. The summed E-state index contributed by atoms with van der Waals surface area (Å²) >= 11 is 3.43. The number of benzene rings is 1. The fourth-order valence-corrected chi connectivity index (χ4v) is 3.12. The Balaban J connectivity index is 1.80. The van der Waals surface area contributed by atoms with Crippen LogP contribution in [0.2, 0.25) is 0 Å². The fraction of sp³-hybridized carbons (Fsp3) is 0.375. The van der Waals surface area contributed by atoms with Gasteiger partial charge in [0.1, 0.15) is 11.5 Å². The molecule has 0 spiro atoms. The number of phenolic OH excluding ortho intramolecular Hbond substituents is 1. The van der Waals surface area contributed by atoms with Crippen molar-refractivity contribution < 1.29 is 14.4 Å². The molecule has 1 amide bonds. The van der Waals surface area contributed by atoms with Crippen molar-refractivity contribution in [3.05, 3.63) is 45.3 Å². The van der Waals surface area contributed by atoms with Crippen LogP contribution in [0.25, 0.3) is 0 Å². The number of phenols is 1. The molecule has 22 heavy (non-hydrogen) atoms. The standard InChI is InChI=1S/C16H17BrN2O3/c1-19(9-10-8-11(20)6-7-13(10)17)16(21)15-12-4-2-3-5-14(12)22-18-15/h6-8,20H,2-5,9H2,1H3. The van der Waals surface area contributed by atoms with Crippen molar-refractivity contribution in [2.24, 2.45) is 0 Å². The number of carbonyl (C=O) groups excluding carboxylic acids is 1. The average Bonchev–Trinajstić information content (AvgIpc) is 2.94. The predicted octanol–water partition coefficient (Wildman–Crippen LogP) is 3.29. The normalized spacial score (nSPS) is 13.7. The van der Waals surface area contributed by atoms with Crippen LogP contribution in [0.5, 0.6) is 5.75 Å². The number of rotatable bonds is 3. The number of hydrogen-bond donors (Lipinski definition) is 1. The van der Waals surface area contributed by atoms with Crippen molar-refractivity contribution in [3.63, 3.8) is 0 Å². The number of aromatic nitrogens is 1. The summed E-state index contributed by atoms with van der Waals surface area (Å²) in [4.78, 5) is 14.2. The molecule has 1 aromatic heterocycles. The van der Waals surface area contributed by atoms with Gasteiger partial charge in [0, 0.05) is 30.0 Å². The summed E-state index contributed by atoms with van der Waals surface area (Å²) in [5.74, 6) is 0.876. The lowest BCUT2D eigenvalue weighted by molar-refractivity contribution is 0.0773. The van der Waals surface area contributed by atoms with Crippen molar-refractivity contribution in [1.29, 1.82) is 0 Å². The maximum atomic E-state index is 12.6. The summed E-state index contributed by atoms with van der Waals surface area (Å²) in [6.45, 7) is 0.384. The van der Waals surface area contributed by atoms with Gasteiger partial charge < -0.3 is 14.5 Å². The highest BCUT2D eigenvalue weighted by molar-refractivity contribution is 9.10. The van der Waals surface area contributed by atoms with Crippen LogP contribution in [0.3, 0.4) is 0 Å². The van der Waals surface area contributed by atoms with Gasteiger partial charge in [-0.25, -0.2) is 0 Å². The third-order valence-corrected chi connectivity index (χ3v) is 4.71. The maximum Gasteiger partial charge on any atom is 0.276 e. The van der Waals surface area contributed by atoms with Crippen molar-refractivity contribution in [3.8, 4) is 5.75 Å². The zero-order chi connectivity index (χ0) is 15.7. The van der Waals surface area contributed by atoms with E-state index >= 15 is 0 Å². The Morgan fingerprint density at radius 2 is 2.18 bits per heavy atom. The van der Waals surface area contributed by atoms with E-state index in [4.69, 9.17) is 4.52 Å². The van der Waals surface area contributed by atoms with Gasteiger partial charge in [0.2, 0.25) is 0 Å². The van der Waals surface area contributed by atoms with E-state index in [1.54, 1.807) is 30.1 Å². The first-order valence-electron chi connectivity index (χ1n) is 7.26. The zero-order valence-corrected chi connectivity index (χ0v) is 13.9. The van der Waals surface area contributed by atoms with E-state index in [2.05, 4.69) is 21.1 Å². The third kappa shape index (κ3) is 2.88. The maximum absolute atomic E-state index is 12.6. The van der Waals surface area contributed by atoms with Gasteiger partial charge in [0.25, 0.3) is 5.91 Å². The first kappa shape index (κ1) is 15.1. The fourth-order valence-electron chi connectivity index (χ4n) is 2.74. The molecule has 116 valence electrons. The van der Waals surface area contributed by atoms with Crippen LogP contribution >= 0.6 is 15.9 Å². The van der Waals surface area contributed by atoms with Crippen molar-refractivity contribution in [1.82, 2.24) is 10.1 Å². The van der Waals surface area contributed by atoms with Crippen LogP contribution in [-0.4, -0.2) is 28.1 Å². The van der Waals surface area contributed by atoms with Gasteiger partial charge in [0.15, 0.2) is 5.69 Å². The molecule has 1 heterocycles. The lowest BCUT2D eigenvalue weighted by Crippen LogP contribution is -2.27. The van der Waals surface area contributed by atoms with E-state index in [-0.39, 0.29) is 11.7 Å². The smallest absolute Gasteiger partial charge is 0.276 e. The van der Waals surface area contributed by atoms with Gasteiger partial charge in [-0.1, -0.05) is 21.1 Å². The molecule has 2 aromatic rings. The number of halogens is 1. The van der Waals surface area contributed by atoms with Crippen LogP contribution in [-0.2, 0) is 19.4 Å². The predicted molar refractivity (Wildman–Crippen MR) is 84.7 cm³/mol. The van der Waals surface area contributed by atoms with Crippen LogP contribution < -0.4 is 0 Å². The molecule has 0 unspecified atom stereocenters. The number of aromatic hydroxyl groups is 1. The van der Waals surface area contributed by atoms with E-state index < -0.39 is 0 Å². The van der Waals surface area contributed by atoms with Crippen LogP contribution in [0.15, 0.2) is 27.2 Å². The highest BCUT2D eigenvalue weighted by Crippen LogP contribution is 2.26. The Hall–Kier alpha value is -1.82. The number of nitrogens with zero attached hydrogens (tertiary/aromatic N) is 2. The van der Waals surface area contributed by atoms with Crippen molar-refractivity contribution >= 4 is 21.8 Å². The molecule has 0 fully saturated rings. The summed E-state index contributed by atoms with van der Waals surface area (Å²) in [7, 11) is 1.72. The molecule has 0 saturated heterocycles. The third-order valence-electron chi connectivity index (χ3n) is 3.94. The molecule has 0 radical (unpaired) electrons. The number of fused-ring (bicyclic) bond motifs is 1. The summed E-state index contributed by atoms with van der Waals surface area (Å²) in [6.07, 6.45) is 3.86. The molecule has 1 aliphatic rings. The van der Waals surface area contributed by atoms with Crippen molar-refractivity contribution in [2.45, 2.75) is 32.2 Å². The zero-order valence-electron chi connectivity index (χ0n) is 12.3. The second-order valence-electron chi connectivity index (χ2n) is 5.58. The molecule has 0 aliphatic heterocycles. The average molecular weight is 365 g/mol. The minimum absolute atomic E-state index is 0.151. The topological polar surface area (TPSA) is 66.6 Å². The first-order valence-corrected chi connectivity index (χ1v) is 8.06. The first-order chi connectivity index (χ1) is 10.6. The summed E-state index contributed by atoms with van der Waals surface area (Å²) in [6, 6.07) is 5.01. The van der Waals surface area contributed by atoms with E-state index in [1.165, 1.54) is 0 Å². The molecule has 1 aliphatic carbocycles. The second-order valence-corrected chi connectivity index (χ2v) is 6.43. The Morgan fingerprint density at radius 1 is 1.41 bits per heavy atom. The van der Waals surface area contributed by atoms with Gasteiger partial charge in [-0.05, 0) is 43.0 Å². The number of hydrogen-bond acceptors (Lipinski definition) is 4. The minimum atomic E-state index is -0.151. The van der Waals surface area contributed by atoms with Gasteiger partial charge in [-0.2, -0.15) is 0 Å². The van der Waals surface area contributed by atoms with E-state index in [0.29, 0.717) is 12.2 Å². The monoisotopic (exact) mass is 364 g/mol. The Kier molecular flexibility index (Phi) is 4.20. The van der Waals surface area contributed by atoms with Gasteiger partial charge in [-0.15, -0.1) is 0 Å². The Morgan fingerprint density at radius 3 is 3.00 bits per heavy atom. The molecular formula is C16H17BrN2O3. The molecule has 1 N–H and O–H groups in total. The minimum Gasteiger partial charge on any atom is -0.508 e. The molecule has 1 aromatic carbocycles. The number of amides is 1. The van der Waals surface area contributed by atoms with Crippen molar-refractivity contribution in [2.75, 3.05) is 7.05 Å². The van der Waals surface area contributed by atoms with Crippen LogP contribution in [0.4, 0.5) is 0 Å². The summed E-state index contributed by atoms with van der Waals surface area (Å²) in [5, 5.41) is 13.6. The quantitative estimate of drug-likeness (QED) is 0.907. The van der Waals surface area contributed by atoms with Crippen LogP contribution in [0.1, 0.15) is 40.2 Å². The molecule has 0 saturated carbocycles. The Labute approximate surface area is 137 Å². The molecular weight excluding hydrogens is 348 g/mol. The lowest BCUT2D eigenvalue weighted by atomic mass is 9.96. The number of aryl methyl sites for hydroxylation is 1. The summed E-state index contributed by atoms with van der Waals surface area (Å²) < 4.78 is 6.16. The van der Waals surface area contributed by atoms with Crippen LogP contribution in [0, 0.1) is 0 Å². The molecule has 0 bridgehead atoms. The lowest BCUT2D eigenvalue weighted by Gasteiger charge is -2.18. The molecule has 0 atom stereocenters. The molecule has 3 rings (SSSR count). The highest BCUT2D eigenvalue weighted by Gasteiger charge is 2.26. The highest BCUT2D eigenvalue weighted by atomic mass is 79.9. The van der Waals surface area contributed by atoms with E-state index in [1.807, 2.05) is 0 Å². The SMILES string of the molecule is CN(Cc1cc(O)ccc1Br)C(=O)c1noc2c1CCCC2. The van der Waals surface area contributed by atoms with Gasteiger partial charge in [-0.3, -0.25) is 4.79 Å². The van der Waals surface area contributed by atoms with E-state index in [0.717, 1.165) is 47.0 Å². The second kappa shape index (κ2) is 6.12. The van der Waals surface area contributed by atoms with Gasteiger partial charge >= 0.3 is 0 Å². The summed E-state index contributed by atoms with van der Waals surface area (Å²) in [5.41, 5.74) is 2.22. The van der Waals surface area contributed by atoms with E-state index in [9.17, 15) is 9.90 Å². The molecule has 5 nitrogen and oxygen atoms in total. The largest absolute Gasteiger partial charge is 0.508 e.